The Bertz CT molecular complexity index is 337. The van der Waals surface area contributed by atoms with Gasteiger partial charge in [0.1, 0.15) is 5.82 Å². The van der Waals surface area contributed by atoms with Gasteiger partial charge in [-0.3, -0.25) is 4.79 Å². The van der Waals surface area contributed by atoms with Gasteiger partial charge in [-0.1, -0.05) is 19.1 Å². The largest absolute Gasteiger partial charge is 0.481 e. The van der Waals surface area contributed by atoms with Crippen LogP contribution >= 0.6 is 0 Å². The highest BCUT2D eigenvalue weighted by Gasteiger charge is 2.06. The molecule has 0 fully saturated rings. The minimum absolute atomic E-state index is 0.0953. The summed E-state index contributed by atoms with van der Waals surface area (Å²) in [5.41, 5.74) is 0.990. The van der Waals surface area contributed by atoms with Crippen molar-refractivity contribution in [1.82, 2.24) is 5.32 Å². The van der Waals surface area contributed by atoms with Gasteiger partial charge in [0, 0.05) is 13.0 Å². The lowest BCUT2D eigenvalue weighted by Crippen LogP contribution is -2.22. The maximum atomic E-state index is 12.6. The molecular weight excluding hydrogens is 209 g/mol. The summed E-state index contributed by atoms with van der Waals surface area (Å²) in [4.78, 5) is 10.4. The molecule has 0 aliphatic rings. The molecule has 0 aliphatic carbocycles. The summed E-state index contributed by atoms with van der Waals surface area (Å²) in [5, 5.41) is 11.7. The van der Waals surface area contributed by atoms with Crippen LogP contribution in [0.1, 0.15) is 18.9 Å². The highest BCUT2D eigenvalue weighted by atomic mass is 19.1. The van der Waals surface area contributed by atoms with Crippen molar-refractivity contribution in [1.29, 1.82) is 0 Å². The number of carboxylic acid groups (broad SMARTS) is 1. The normalized spacial score (nSPS) is 12.4. The number of carbonyl (C=O) groups is 1. The third kappa shape index (κ3) is 4.89. The molecule has 1 rings (SSSR count). The van der Waals surface area contributed by atoms with Crippen molar-refractivity contribution >= 4 is 5.97 Å². The fourth-order valence-corrected chi connectivity index (χ4v) is 1.44. The highest BCUT2D eigenvalue weighted by Crippen LogP contribution is 2.03. The Morgan fingerprint density at radius 1 is 1.44 bits per heavy atom. The number of carboxylic acids is 1. The molecule has 4 heteroatoms. The average Bonchev–Trinajstić information content (AvgIpc) is 2.20. The number of hydrogen-bond donors (Lipinski definition) is 2. The van der Waals surface area contributed by atoms with Crippen LogP contribution in [0.5, 0.6) is 0 Å². The molecule has 0 bridgehead atoms. The quantitative estimate of drug-likeness (QED) is 0.778. The number of halogens is 1. The molecule has 0 aromatic heterocycles. The van der Waals surface area contributed by atoms with E-state index in [-0.39, 0.29) is 18.2 Å². The van der Waals surface area contributed by atoms with E-state index in [1.165, 1.54) is 12.1 Å². The van der Waals surface area contributed by atoms with Gasteiger partial charge in [0.05, 0.1) is 0 Å². The first-order valence-electron chi connectivity index (χ1n) is 5.25. The van der Waals surface area contributed by atoms with Crippen LogP contribution in [-0.4, -0.2) is 17.6 Å². The minimum Gasteiger partial charge on any atom is -0.481 e. The van der Waals surface area contributed by atoms with E-state index in [0.29, 0.717) is 13.1 Å². The zero-order chi connectivity index (χ0) is 12.0. The van der Waals surface area contributed by atoms with Crippen LogP contribution in [0.2, 0.25) is 0 Å². The predicted molar refractivity (Wildman–Crippen MR) is 59.5 cm³/mol. The van der Waals surface area contributed by atoms with Gasteiger partial charge in [0.25, 0.3) is 0 Å². The van der Waals surface area contributed by atoms with E-state index in [2.05, 4.69) is 5.32 Å². The van der Waals surface area contributed by atoms with Gasteiger partial charge in [-0.25, -0.2) is 4.39 Å². The van der Waals surface area contributed by atoms with Crippen molar-refractivity contribution in [2.45, 2.75) is 19.9 Å². The van der Waals surface area contributed by atoms with E-state index >= 15 is 0 Å². The molecule has 1 aromatic rings. The molecule has 0 saturated carbocycles. The Hall–Kier alpha value is -1.42. The second-order valence-corrected chi connectivity index (χ2v) is 3.96. The van der Waals surface area contributed by atoms with Crippen molar-refractivity contribution in [2.24, 2.45) is 5.92 Å². The summed E-state index contributed by atoms with van der Waals surface area (Å²) in [6.07, 6.45) is 0.163. The third-order valence-corrected chi connectivity index (χ3v) is 2.26. The fraction of sp³-hybridized carbons (Fsp3) is 0.417. The summed E-state index contributed by atoms with van der Waals surface area (Å²) in [7, 11) is 0. The van der Waals surface area contributed by atoms with Gasteiger partial charge in [-0.15, -0.1) is 0 Å². The summed E-state index contributed by atoms with van der Waals surface area (Å²) in [6.45, 7) is 3.15. The maximum Gasteiger partial charge on any atom is 0.303 e. The molecule has 0 aliphatic heterocycles. The van der Waals surface area contributed by atoms with E-state index < -0.39 is 5.97 Å². The van der Waals surface area contributed by atoms with Crippen molar-refractivity contribution in [3.63, 3.8) is 0 Å². The molecule has 1 atom stereocenters. The van der Waals surface area contributed by atoms with Crippen LogP contribution in [0.4, 0.5) is 4.39 Å². The SMILES string of the molecule is CC(CNCc1ccc(F)cc1)CC(=O)O. The second-order valence-electron chi connectivity index (χ2n) is 3.96. The van der Waals surface area contributed by atoms with Crippen LogP contribution in [0, 0.1) is 11.7 Å². The minimum atomic E-state index is -0.781. The van der Waals surface area contributed by atoms with Crippen LogP contribution in [0.25, 0.3) is 0 Å². The zero-order valence-corrected chi connectivity index (χ0v) is 9.24. The Morgan fingerprint density at radius 2 is 2.06 bits per heavy atom. The predicted octanol–water partition coefficient (Wildman–Crippen LogP) is 2.03. The molecule has 0 saturated heterocycles. The van der Waals surface area contributed by atoms with Crippen LogP contribution in [-0.2, 0) is 11.3 Å². The molecule has 0 heterocycles. The highest BCUT2D eigenvalue weighted by molar-refractivity contribution is 5.66. The Morgan fingerprint density at radius 3 is 2.62 bits per heavy atom. The summed E-state index contributed by atoms with van der Waals surface area (Å²) in [6, 6.07) is 6.25. The van der Waals surface area contributed by atoms with E-state index in [1.807, 2.05) is 6.92 Å². The van der Waals surface area contributed by atoms with Crippen molar-refractivity contribution in [3.05, 3.63) is 35.6 Å². The fourth-order valence-electron chi connectivity index (χ4n) is 1.44. The molecule has 1 aromatic carbocycles. The van der Waals surface area contributed by atoms with Crippen LogP contribution < -0.4 is 5.32 Å². The van der Waals surface area contributed by atoms with E-state index in [4.69, 9.17) is 5.11 Å². The number of hydrogen-bond acceptors (Lipinski definition) is 2. The van der Waals surface area contributed by atoms with Gasteiger partial charge in [-0.2, -0.15) is 0 Å². The number of nitrogens with one attached hydrogen (secondary N) is 1. The zero-order valence-electron chi connectivity index (χ0n) is 9.24. The van der Waals surface area contributed by atoms with Gasteiger partial charge < -0.3 is 10.4 Å². The first kappa shape index (κ1) is 12.6. The monoisotopic (exact) mass is 225 g/mol. The first-order chi connectivity index (χ1) is 7.58. The maximum absolute atomic E-state index is 12.6. The Kier molecular flexibility index (Phi) is 4.92. The van der Waals surface area contributed by atoms with E-state index in [1.54, 1.807) is 12.1 Å². The number of benzene rings is 1. The summed E-state index contributed by atoms with van der Waals surface area (Å²) in [5.74, 6) is -0.933. The molecule has 0 spiro atoms. The smallest absolute Gasteiger partial charge is 0.303 e. The first-order valence-corrected chi connectivity index (χ1v) is 5.25. The van der Waals surface area contributed by atoms with Crippen LogP contribution in [0.15, 0.2) is 24.3 Å². The molecule has 16 heavy (non-hydrogen) atoms. The Balaban J connectivity index is 2.25. The molecule has 1 unspecified atom stereocenters. The third-order valence-electron chi connectivity index (χ3n) is 2.26. The molecule has 3 nitrogen and oxygen atoms in total. The lowest BCUT2D eigenvalue weighted by molar-refractivity contribution is -0.137. The average molecular weight is 225 g/mol. The lowest BCUT2D eigenvalue weighted by Gasteiger charge is -2.10. The molecule has 0 radical (unpaired) electrons. The molecule has 0 amide bonds. The van der Waals surface area contributed by atoms with Gasteiger partial charge >= 0.3 is 5.97 Å². The van der Waals surface area contributed by atoms with Crippen molar-refractivity contribution in [2.75, 3.05) is 6.54 Å². The standard InChI is InChI=1S/C12H16FNO2/c1-9(6-12(15)16)7-14-8-10-2-4-11(13)5-3-10/h2-5,9,14H,6-8H2,1H3,(H,15,16). The molecule has 88 valence electrons. The van der Waals surface area contributed by atoms with Gasteiger partial charge in [0.15, 0.2) is 0 Å². The van der Waals surface area contributed by atoms with Crippen molar-refractivity contribution in [3.8, 4) is 0 Å². The van der Waals surface area contributed by atoms with Gasteiger partial charge in [-0.05, 0) is 30.2 Å². The number of aliphatic carboxylic acids is 1. The second kappa shape index (κ2) is 6.23. The van der Waals surface area contributed by atoms with Gasteiger partial charge in [0.2, 0.25) is 0 Å². The molecule has 2 N–H and O–H groups in total. The summed E-state index contributed by atoms with van der Waals surface area (Å²) >= 11 is 0. The summed E-state index contributed by atoms with van der Waals surface area (Å²) < 4.78 is 12.6. The molecular formula is C12H16FNO2. The van der Waals surface area contributed by atoms with E-state index in [0.717, 1.165) is 5.56 Å². The topological polar surface area (TPSA) is 49.3 Å². The van der Waals surface area contributed by atoms with Crippen molar-refractivity contribution < 1.29 is 14.3 Å². The van der Waals surface area contributed by atoms with Crippen LogP contribution in [0.3, 0.4) is 0 Å². The van der Waals surface area contributed by atoms with E-state index in [9.17, 15) is 9.18 Å². The number of rotatable bonds is 6. The Labute approximate surface area is 94.3 Å². The lowest BCUT2D eigenvalue weighted by atomic mass is 10.1.